The van der Waals surface area contributed by atoms with Gasteiger partial charge in [0.15, 0.2) is 5.43 Å². The maximum absolute atomic E-state index is 12.5. The zero-order chi connectivity index (χ0) is 17.1. The number of nitrogens with one attached hydrogen (secondary N) is 2. The minimum Gasteiger partial charge on any atom is -0.393 e. The molecule has 1 aliphatic carbocycles. The molecule has 0 radical (unpaired) electrons. The van der Waals surface area contributed by atoms with Crippen LogP contribution < -0.4 is 10.7 Å². The predicted molar refractivity (Wildman–Crippen MR) is 91.9 cm³/mol. The van der Waals surface area contributed by atoms with Gasteiger partial charge in [-0.25, -0.2) is 0 Å². The van der Waals surface area contributed by atoms with Crippen molar-refractivity contribution in [2.45, 2.75) is 38.3 Å². The number of carbonyl (C=O) groups excluding carboxylic acids is 1. The molecular formula is C19H22N2O3. The van der Waals surface area contributed by atoms with Crippen LogP contribution in [0.4, 0.5) is 0 Å². The molecule has 5 nitrogen and oxygen atoms in total. The summed E-state index contributed by atoms with van der Waals surface area (Å²) in [5, 5.41) is 12.6. The van der Waals surface area contributed by atoms with Crippen LogP contribution in [0, 0.1) is 12.8 Å². The highest BCUT2D eigenvalue weighted by Crippen LogP contribution is 2.31. The van der Waals surface area contributed by atoms with Gasteiger partial charge in [-0.2, -0.15) is 0 Å². The number of H-pyrrole nitrogens is 1. The number of amides is 1. The Bertz CT molecular complexity index is 764. The molecule has 1 saturated carbocycles. The Balaban J connectivity index is 1.76. The first-order valence-corrected chi connectivity index (χ1v) is 8.25. The van der Waals surface area contributed by atoms with E-state index in [1.807, 2.05) is 30.3 Å². The van der Waals surface area contributed by atoms with Crippen molar-refractivity contribution in [3.05, 3.63) is 69.6 Å². The first-order valence-electron chi connectivity index (χ1n) is 8.25. The molecular weight excluding hydrogens is 304 g/mol. The average molecular weight is 326 g/mol. The standard InChI is InChI=1S/C19H22N2O3/c1-12-7-18(23)16(11-20-12)19(24)21-17(14-9-15(22)10-14)8-13-5-3-2-4-6-13/h2-7,11,14-15,17,22H,8-10H2,1H3,(H,20,23)(H,21,24). The highest BCUT2D eigenvalue weighted by Gasteiger charge is 2.35. The summed E-state index contributed by atoms with van der Waals surface area (Å²) in [7, 11) is 0. The Morgan fingerprint density at radius 1 is 1.33 bits per heavy atom. The van der Waals surface area contributed by atoms with E-state index < -0.39 is 0 Å². The van der Waals surface area contributed by atoms with E-state index in [4.69, 9.17) is 0 Å². The van der Waals surface area contributed by atoms with Gasteiger partial charge in [-0.3, -0.25) is 9.59 Å². The molecule has 5 heteroatoms. The van der Waals surface area contributed by atoms with Crippen molar-refractivity contribution in [2.75, 3.05) is 0 Å². The van der Waals surface area contributed by atoms with Crippen LogP contribution in [0.1, 0.15) is 34.5 Å². The third-order valence-corrected chi connectivity index (χ3v) is 4.64. The molecule has 24 heavy (non-hydrogen) atoms. The third-order valence-electron chi connectivity index (χ3n) is 4.64. The summed E-state index contributed by atoms with van der Waals surface area (Å²) in [6, 6.07) is 11.3. The predicted octanol–water partition coefficient (Wildman–Crippen LogP) is 1.80. The van der Waals surface area contributed by atoms with Crippen LogP contribution in [0.25, 0.3) is 0 Å². The second-order valence-corrected chi connectivity index (χ2v) is 6.55. The normalized spacial score (nSPS) is 20.9. The van der Waals surface area contributed by atoms with Gasteiger partial charge in [0.2, 0.25) is 0 Å². The van der Waals surface area contributed by atoms with Crippen molar-refractivity contribution in [3.8, 4) is 0 Å². The monoisotopic (exact) mass is 326 g/mol. The van der Waals surface area contributed by atoms with Gasteiger partial charge >= 0.3 is 0 Å². The summed E-state index contributed by atoms with van der Waals surface area (Å²) in [5.74, 6) is -0.132. The van der Waals surface area contributed by atoms with E-state index >= 15 is 0 Å². The molecule has 2 aromatic rings. The maximum Gasteiger partial charge on any atom is 0.256 e. The molecule has 1 heterocycles. The van der Waals surface area contributed by atoms with Crippen LogP contribution in [-0.2, 0) is 6.42 Å². The van der Waals surface area contributed by atoms with E-state index in [2.05, 4.69) is 10.3 Å². The zero-order valence-electron chi connectivity index (χ0n) is 13.7. The van der Waals surface area contributed by atoms with Crippen molar-refractivity contribution in [1.29, 1.82) is 0 Å². The van der Waals surface area contributed by atoms with Crippen LogP contribution in [0.15, 0.2) is 47.4 Å². The molecule has 1 unspecified atom stereocenters. The summed E-state index contributed by atoms with van der Waals surface area (Å²) in [4.78, 5) is 27.4. The lowest BCUT2D eigenvalue weighted by atomic mass is 9.75. The molecule has 1 aliphatic rings. The van der Waals surface area contributed by atoms with Gasteiger partial charge < -0.3 is 15.4 Å². The van der Waals surface area contributed by atoms with E-state index in [-0.39, 0.29) is 35.0 Å². The van der Waals surface area contributed by atoms with Crippen LogP contribution in [0.3, 0.4) is 0 Å². The van der Waals surface area contributed by atoms with E-state index in [0.717, 1.165) is 11.3 Å². The highest BCUT2D eigenvalue weighted by atomic mass is 16.3. The lowest BCUT2D eigenvalue weighted by molar-refractivity contribution is 0.0239. The Labute approximate surface area is 140 Å². The topological polar surface area (TPSA) is 82.2 Å². The van der Waals surface area contributed by atoms with E-state index in [0.29, 0.717) is 19.3 Å². The summed E-state index contributed by atoms with van der Waals surface area (Å²) in [6.07, 6.45) is 3.23. The van der Waals surface area contributed by atoms with Crippen LogP contribution >= 0.6 is 0 Å². The Morgan fingerprint density at radius 2 is 2.04 bits per heavy atom. The quantitative estimate of drug-likeness (QED) is 0.783. The van der Waals surface area contributed by atoms with Gasteiger partial charge in [0.25, 0.3) is 5.91 Å². The van der Waals surface area contributed by atoms with Crippen LogP contribution in [-0.4, -0.2) is 28.1 Å². The summed E-state index contributed by atoms with van der Waals surface area (Å²) in [5.41, 5.74) is 1.69. The summed E-state index contributed by atoms with van der Waals surface area (Å²) < 4.78 is 0. The van der Waals surface area contributed by atoms with Gasteiger partial charge in [0, 0.05) is 24.0 Å². The smallest absolute Gasteiger partial charge is 0.256 e. The molecule has 0 saturated heterocycles. The lowest BCUT2D eigenvalue weighted by Gasteiger charge is -2.38. The molecule has 126 valence electrons. The molecule has 1 aromatic carbocycles. The van der Waals surface area contributed by atoms with Gasteiger partial charge in [-0.05, 0) is 37.7 Å². The number of aryl methyl sites for hydroxylation is 1. The number of aromatic nitrogens is 1. The number of aliphatic hydroxyl groups is 1. The maximum atomic E-state index is 12.5. The van der Waals surface area contributed by atoms with Gasteiger partial charge in [0.05, 0.1) is 6.10 Å². The van der Waals surface area contributed by atoms with Crippen molar-refractivity contribution in [3.63, 3.8) is 0 Å². The molecule has 0 aliphatic heterocycles. The SMILES string of the molecule is Cc1cc(=O)c(C(=O)NC(Cc2ccccc2)C2CC(O)C2)c[nH]1. The van der Waals surface area contributed by atoms with Crippen LogP contribution in [0.2, 0.25) is 0 Å². The van der Waals surface area contributed by atoms with Crippen molar-refractivity contribution < 1.29 is 9.90 Å². The van der Waals surface area contributed by atoms with Gasteiger partial charge in [-0.15, -0.1) is 0 Å². The fourth-order valence-corrected chi connectivity index (χ4v) is 3.16. The van der Waals surface area contributed by atoms with E-state index in [1.165, 1.54) is 12.3 Å². The van der Waals surface area contributed by atoms with E-state index in [9.17, 15) is 14.7 Å². The minimum atomic E-state index is -0.362. The number of carbonyl (C=O) groups is 1. The molecule has 1 atom stereocenters. The van der Waals surface area contributed by atoms with Crippen LogP contribution in [0.5, 0.6) is 0 Å². The molecule has 3 rings (SSSR count). The Morgan fingerprint density at radius 3 is 2.67 bits per heavy atom. The second-order valence-electron chi connectivity index (χ2n) is 6.55. The molecule has 0 spiro atoms. The number of aromatic amines is 1. The fraction of sp³-hybridized carbons (Fsp3) is 0.368. The summed E-state index contributed by atoms with van der Waals surface area (Å²) >= 11 is 0. The fourth-order valence-electron chi connectivity index (χ4n) is 3.16. The third kappa shape index (κ3) is 3.74. The Hall–Kier alpha value is -2.40. The van der Waals surface area contributed by atoms with E-state index in [1.54, 1.807) is 6.92 Å². The second kappa shape index (κ2) is 7.01. The number of hydrogen-bond donors (Lipinski definition) is 3. The molecule has 1 amide bonds. The van der Waals surface area contributed by atoms with Crippen molar-refractivity contribution in [1.82, 2.24) is 10.3 Å². The zero-order valence-corrected chi connectivity index (χ0v) is 13.7. The molecule has 0 bridgehead atoms. The highest BCUT2D eigenvalue weighted by molar-refractivity contribution is 5.94. The van der Waals surface area contributed by atoms with Gasteiger partial charge in [0.1, 0.15) is 5.56 Å². The molecule has 3 N–H and O–H groups in total. The molecule has 1 fully saturated rings. The molecule has 1 aromatic heterocycles. The van der Waals surface area contributed by atoms with Gasteiger partial charge in [-0.1, -0.05) is 30.3 Å². The number of hydrogen-bond acceptors (Lipinski definition) is 3. The minimum absolute atomic E-state index is 0.0935. The first-order chi connectivity index (χ1) is 11.5. The summed E-state index contributed by atoms with van der Waals surface area (Å²) in [6.45, 7) is 1.77. The number of aliphatic hydroxyl groups excluding tert-OH is 1. The number of pyridine rings is 1. The lowest BCUT2D eigenvalue weighted by Crippen LogP contribution is -2.49. The number of benzene rings is 1. The van der Waals surface area contributed by atoms with Crippen molar-refractivity contribution in [2.24, 2.45) is 5.92 Å². The first kappa shape index (κ1) is 16.5. The number of rotatable bonds is 5. The largest absolute Gasteiger partial charge is 0.393 e. The Kier molecular flexibility index (Phi) is 4.81. The average Bonchev–Trinajstić information content (AvgIpc) is 2.52. The van der Waals surface area contributed by atoms with Crippen molar-refractivity contribution >= 4 is 5.91 Å².